The summed E-state index contributed by atoms with van der Waals surface area (Å²) in [7, 11) is -8.15. The highest BCUT2D eigenvalue weighted by Crippen LogP contribution is 2.24. The molecule has 0 aliphatic rings. The van der Waals surface area contributed by atoms with Crippen molar-refractivity contribution in [3.63, 3.8) is 0 Å². The van der Waals surface area contributed by atoms with Crippen molar-refractivity contribution in [1.29, 1.82) is 0 Å². The molecule has 0 atom stereocenters. The first-order valence-corrected chi connectivity index (χ1v) is 14.0. The summed E-state index contributed by atoms with van der Waals surface area (Å²) >= 11 is 0. The summed E-state index contributed by atoms with van der Waals surface area (Å²) in [4.78, 5) is 4.05. The van der Waals surface area contributed by atoms with E-state index in [2.05, 4.69) is 0 Å². The summed E-state index contributed by atoms with van der Waals surface area (Å²) < 4.78 is 63.4. The van der Waals surface area contributed by atoms with Crippen LogP contribution in [0.2, 0.25) is 0 Å². The zero-order chi connectivity index (χ0) is 24.8. The van der Waals surface area contributed by atoms with Gasteiger partial charge in [-0.05, 0) is 87.1 Å². The molecule has 0 saturated heterocycles. The van der Waals surface area contributed by atoms with E-state index >= 15 is 0 Å². The van der Waals surface area contributed by atoms with E-state index in [1.54, 1.807) is 0 Å². The lowest BCUT2D eigenvalue weighted by Crippen LogP contribution is -2.40. The van der Waals surface area contributed by atoms with E-state index in [1.165, 1.54) is 0 Å². The first-order chi connectivity index (χ1) is 15.2. The first kappa shape index (κ1) is 27.1. The average molecular weight is 499 g/mol. The maximum Gasteiger partial charge on any atom is 0.264 e. The van der Waals surface area contributed by atoms with Crippen LogP contribution in [0.3, 0.4) is 0 Å². The van der Waals surface area contributed by atoms with Crippen LogP contribution < -0.4 is 9.80 Å². The van der Waals surface area contributed by atoms with Crippen LogP contribution in [0.4, 0.5) is 11.4 Å². The number of rotatable bonds is 12. The number of hydrogen-bond acceptors (Lipinski definition) is 6. The molecule has 0 heterocycles. The molecule has 2 aromatic rings. The summed E-state index contributed by atoms with van der Waals surface area (Å²) in [6.45, 7) is 9.08. The summed E-state index contributed by atoms with van der Waals surface area (Å²) in [6, 6.07) is 12.1. The molecule has 0 aromatic heterocycles. The number of benzene rings is 2. The molecule has 0 radical (unpaired) electrons. The van der Waals surface area contributed by atoms with Gasteiger partial charge in [0.05, 0.1) is 18.2 Å². The Kier molecular flexibility index (Phi) is 9.30. The lowest BCUT2D eigenvalue weighted by molar-refractivity contribution is 0.479. The van der Waals surface area contributed by atoms with Crippen molar-refractivity contribution >= 4 is 31.6 Å². The quantitative estimate of drug-likeness (QED) is 0.336. The van der Waals surface area contributed by atoms with Crippen LogP contribution in [-0.4, -0.2) is 57.2 Å². The van der Waals surface area contributed by atoms with E-state index < -0.39 is 20.2 Å². The van der Waals surface area contributed by atoms with E-state index in [4.69, 9.17) is 9.11 Å². The van der Waals surface area contributed by atoms with Gasteiger partial charge in [-0.2, -0.15) is 16.8 Å². The molecule has 2 N–H and O–H groups in total. The lowest BCUT2D eigenvalue weighted by atomic mass is 10.1. The van der Waals surface area contributed by atoms with Crippen molar-refractivity contribution in [2.75, 3.05) is 41.1 Å². The maximum absolute atomic E-state index is 11.3. The lowest BCUT2D eigenvalue weighted by Gasteiger charge is -2.34. The third-order valence-electron chi connectivity index (χ3n) is 5.15. The standard InChI is InChI=1S/C23H34N2O6S2/c1-18-11-19(2)14-22(13-18)24(7-5-9-32(26,27)28)17-25(8-6-10-33(29,30)31)23-15-20(3)12-21(4)16-23/h11-16H,5-10,17H2,1-4H3,(H,26,27,28)(H,29,30,31). The van der Waals surface area contributed by atoms with Crippen LogP contribution in [0.5, 0.6) is 0 Å². The molecule has 10 heteroatoms. The third-order valence-corrected chi connectivity index (χ3v) is 6.75. The zero-order valence-electron chi connectivity index (χ0n) is 19.7. The Morgan fingerprint density at radius 1 is 0.606 bits per heavy atom. The highest BCUT2D eigenvalue weighted by atomic mass is 32.2. The summed E-state index contributed by atoms with van der Waals surface area (Å²) in [6.07, 6.45) is 0.467. The Labute approximate surface area is 197 Å². The van der Waals surface area contributed by atoms with Crippen molar-refractivity contribution < 1.29 is 25.9 Å². The fourth-order valence-electron chi connectivity index (χ4n) is 3.91. The Hall–Kier alpha value is -2.14. The molecule has 8 nitrogen and oxygen atoms in total. The van der Waals surface area contributed by atoms with Crippen LogP contribution in [0.1, 0.15) is 35.1 Å². The molecular weight excluding hydrogens is 464 g/mol. The van der Waals surface area contributed by atoms with Crippen molar-refractivity contribution in [3.8, 4) is 0 Å². The second kappa shape index (κ2) is 11.3. The Balaban J connectivity index is 2.38. The Bertz CT molecular complexity index is 1030. The molecule has 0 saturated carbocycles. The zero-order valence-corrected chi connectivity index (χ0v) is 21.3. The van der Waals surface area contributed by atoms with E-state index in [0.717, 1.165) is 33.6 Å². The number of anilines is 2. The summed E-state index contributed by atoms with van der Waals surface area (Å²) in [5.74, 6) is -0.693. The molecule has 0 fully saturated rings. The van der Waals surface area contributed by atoms with E-state index in [0.29, 0.717) is 19.8 Å². The van der Waals surface area contributed by atoms with Gasteiger partial charge in [0, 0.05) is 24.5 Å². The molecule has 0 amide bonds. The highest BCUT2D eigenvalue weighted by Gasteiger charge is 2.17. The first-order valence-electron chi connectivity index (χ1n) is 10.8. The van der Waals surface area contributed by atoms with Crippen molar-refractivity contribution in [2.45, 2.75) is 40.5 Å². The van der Waals surface area contributed by atoms with Gasteiger partial charge in [0.2, 0.25) is 0 Å². The van der Waals surface area contributed by atoms with Gasteiger partial charge in [0.15, 0.2) is 0 Å². The number of nitrogens with zero attached hydrogens (tertiary/aromatic N) is 2. The smallest absolute Gasteiger partial charge is 0.264 e. The summed E-state index contributed by atoms with van der Waals surface area (Å²) in [5, 5.41) is 0. The molecule has 0 aliphatic heterocycles. The number of aryl methyl sites for hydroxylation is 4. The molecule has 0 bridgehead atoms. The van der Waals surface area contributed by atoms with E-state index in [1.807, 2.05) is 73.9 Å². The predicted octanol–water partition coefficient (Wildman–Crippen LogP) is 3.75. The van der Waals surface area contributed by atoms with Crippen molar-refractivity contribution in [3.05, 3.63) is 58.7 Å². The van der Waals surface area contributed by atoms with Crippen LogP contribution in [0.25, 0.3) is 0 Å². The monoisotopic (exact) mass is 498 g/mol. The van der Waals surface area contributed by atoms with Crippen LogP contribution in [0.15, 0.2) is 36.4 Å². The second-order valence-electron chi connectivity index (χ2n) is 8.64. The minimum absolute atomic E-state index is 0.234. The van der Waals surface area contributed by atoms with Crippen molar-refractivity contribution in [2.24, 2.45) is 0 Å². The average Bonchev–Trinajstić information content (AvgIpc) is 2.62. The van der Waals surface area contributed by atoms with Gasteiger partial charge in [0.25, 0.3) is 20.2 Å². The fraction of sp³-hybridized carbons (Fsp3) is 0.478. The van der Waals surface area contributed by atoms with Crippen LogP contribution in [-0.2, 0) is 20.2 Å². The van der Waals surface area contributed by atoms with Crippen molar-refractivity contribution in [1.82, 2.24) is 0 Å². The minimum atomic E-state index is -4.08. The van der Waals surface area contributed by atoms with Gasteiger partial charge >= 0.3 is 0 Å². The topological polar surface area (TPSA) is 115 Å². The third kappa shape index (κ3) is 10.1. The summed E-state index contributed by atoms with van der Waals surface area (Å²) in [5.41, 5.74) is 6.07. The predicted molar refractivity (Wildman–Crippen MR) is 133 cm³/mol. The number of hydrogen-bond donors (Lipinski definition) is 2. The maximum atomic E-state index is 11.3. The van der Waals surface area contributed by atoms with Gasteiger partial charge in [-0.1, -0.05) is 12.1 Å². The van der Waals surface area contributed by atoms with Gasteiger partial charge in [0.1, 0.15) is 0 Å². The Morgan fingerprint density at radius 3 is 1.18 bits per heavy atom. The molecule has 0 aliphatic carbocycles. The van der Waals surface area contributed by atoms with Gasteiger partial charge < -0.3 is 9.80 Å². The molecule has 33 heavy (non-hydrogen) atoms. The molecule has 0 spiro atoms. The largest absolute Gasteiger partial charge is 0.354 e. The van der Waals surface area contributed by atoms with E-state index in [9.17, 15) is 16.8 Å². The molecule has 0 unspecified atom stereocenters. The van der Waals surface area contributed by atoms with Gasteiger partial charge in [-0.3, -0.25) is 9.11 Å². The normalized spacial score (nSPS) is 12.1. The van der Waals surface area contributed by atoms with E-state index in [-0.39, 0.29) is 24.3 Å². The highest BCUT2D eigenvalue weighted by molar-refractivity contribution is 7.86. The Morgan fingerprint density at radius 2 is 0.909 bits per heavy atom. The molecule has 2 rings (SSSR count). The van der Waals surface area contributed by atoms with Gasteiger partial charge in [-0.15, -0.1) is 0 Å². The minimum Gasteiger partial charge on any atom is -0.354 e. The molecule has 2 aromatic carbocycles. The fourth-order valence-corrected chi connectivity index (χ4v) is 4.90. The van der Waals surface area contributed by atoms with Crippen LogP contribution in [0, 0.1) is 27.7 Å². The van der Waals surface area contributed by atoms with Gasteiger partial charge in [-0.25, -0.2) is 0 Å². The van der Waals surface area contributed by atoms with Crippen LogP contribution >= 0.6 is 0 Å². The second-order valence-corrected chi connectivity index (χ2v) is 11.8. The molecular formula is C23H34N2O6S2. The SMILES string of the molecule is Cc1cc(C)cc(N(CCCS(=O)(=O)O)CN(CCCS(=O)(=O)O)c2cc(C)cc(C)c2)c1. The molecule has 184 valence electrons.